The first-order valence-corrected chi connectivity index (χ1v) is 10.0. The summed E-state index contributed by atoms with van der Waals surface area (Å²) < 4.78 is 14.2. The zero-order valence-electron chi connectivity index (χ0n) is 14.7. The zero-order valence-corrected chi connectivity index (χ0v) is 16.4. The van der Waals surface area contributed by atoms with Gasteiger partial charge < -0.3 is 5.32 Å². The molecule has 4 nitrogen and oxygen atoms in total. The molecule has 0 aliphatic heterocycles. The van der Waals surface area contributed by atoms with Crippen molar-refractivity contribution < 1.29 is 9.18 Å². The summed E-state index contributed by atoms with van der Waals surface area (Å²) in [4.78, 5) is 22.4. The molecule has 0 atom stereocenters. The highest BCUT2D eigenvalue weighted by Crippen LogP contribution is 2.29. The highest BCUT2D eigenvalue weighted by atomic mass is 32.1. The highest BCUT2D eigenvalue weighted by Gasteiger charge is 2.15. The van der Waals surface area contributed by atoms with Crippen molar-refractivity contribution in [2.24, 2.45) is 0 Å². The summed E-state index contributed by atoms with van der Waals surface area (Å²) in [5, 5.41) is 4.82. The number of fused-ring (bicyclic) bond motifs is 1. The van der Waals surface area contributed by atoms with E-state index in [1.54, 1.807) is 23.5 Å². The van der Waals surface area contributed by atoms with Gasteiger partial charge in [-0.15, -0.1) is 22.7 Å². The number of hydrogen-bond donors (Lipinski definition) is 1. The van der Waals surface area contributed by atoms with Gasteiger partial charge >= 0.3 is 0 Å². The molecule has 0 fully saturated rings. The van der Waals surface area contributed by atoms with Crippen LogP contribution in [-0.2, 0) is 11.2 Å². The Kier molecular flexibility index (Phi) is 4.72. The van der Waals surface area contributed by atoms with Crippen LogP contribution in [0.1, 0.15) is 14.9 Å². The van der Waals surface area contributed by atoms with Crippen molar-refractivity contribution in [1.29, 1.82) is 0 Å². The molecule has 0 saturated carbocycles. The lowest BCUT2D eigenvalue weighted by atomic mass is 10.1. The molecule has 4 aromatic rings. The van der Waals surface area contributed by atoms with Gasteiger partial charge in [-0.3, -0.25) is 4.79 Å². The summed E-state index contributed by atoms with van der Waals surface area (Å²) in [6.07, 6.45) is 0.220. The maximum atomic E-state index is 13.2. The van der Waals surface area contributed by atoms with Crippen LogP contribution in [0.3, 0.4) is 0 Å². The van der Waals surface area contributed by atoms with E-state index in [9.17, 15) is 9.18 Å². The van der Waals surface area contributed by atoms with Gasteiger partial charge in [0.05, 0.1) is 32.3 Å². The van der Waals surface area contributed by atoms with E-state index in [1.165, 1.54) is 23.5 Å². The second-order valence-corrected chi connectivity index (χ2v) is 8.67. The fraction of sp³-hybridized carbons (Fsp3) is 0.150. The van der Waals surface area contributed by atoms with Crippen molar-refractivity contribution in [3.05, 3.63) is 63.2 Å². The quantitative estimate of drug-likeness (QED) is 0.505. The molecule has 0 aliphatic carbocycles. The molecule has 0 bridgehead atoms. The van der Waals surface area contributed by atoms with Gasteiger partial charge in [-0.05, 0) is 56.3 Å². The molecule has 0 aliphatic rings. The van der Waals surface area contributed by atoms with Crippen LogP contribution in [0.2, 0.25) is 0 Å². The fourth-order valence-electron chi connectivity index (χ4n) is 2.89. The van der Waals surface area contributed by atoms with E-state index in [0.29, 0.717) is 0 Å². The first kappa shape index (κ1) is 17.8. The normalized spacial score (nSPS) is 11.1. The SMILES string of the molecule is Cc1nc(-c2ccc(F)cc2)c(CC(=O)Nc2ccc3nc(C)sc3c2)s1. The second-order valence-electron chi connectivity index (χ2n) is 6.15. The van der Waals surface area contributed by atoms with E-state index < -0.39 is 0 Å². The molecule has 4 rings (SSSR count). The highest BCUT2D eigenvalue weighted by molar-refractivity contribution is 7.18. The largest absolute Gasteiger partial charge is 0.326 e. The fourth-order valence-corrected chi connectivity index (χ4v) is 4.71. The Hall–Kier alpha value is -2.64. The number of thiazole rings is 2. The molecule has 136 valence electrons. The van der Waals surface area contributed by atoms with Crippen LogP contribution in [0, 0.1) is 19.7 Å². The molecule has 2 heterocycles. The topological polar surface area (TPSA) is 54.9 Å². The van der Waals surface area contributed by atoms with Crippen molar-refractivity contribution in [3.8, 4) is 11.3 Å². The summed E-state index contributed by atoms with van der Waals surface area (Å²) in [6.45, 7) is 3.87. The second kappa shape index (κ2) is 7.17. The van der Waals surface area contributed by atoms with E-state index in [4.69, 9.17) is 0 Å². The molecule has 0 unspecified atom stereocenters. The van der Waals surface area contributed by atoms with Gasteiger partial charge in [0, 0.05) is 16.1 Å². The van der Waals surface area contributed by atoms with Gasteiger partial charge in [0.2, 0.25) is 5.91 Å². The lowest BCUT2D eigenvalue weighted by Crippen LogP contribution is -2.14. The van der Waals surface area contributed by atoms with E-state index >= 15 is 0 Å². The van der Waals surface area contributed by atoms with E-state index in [0.717, 1.165) is 42.1 Å². The maximum absolute atomic E-state index is 13.2. The van der Waals surface area contributed by atoms with Crippen molar-refractivity contribution in [2.75, 3.05) is 5.32 Å². The van der Waals surface area contributed by atoms with Gasteiger partial charge in [0.15, 0.2) is 0 Å². The summed E-state index contributed by atoms with van der Waals surface area (Å²) in [5.41, 5.74) is 3.24. The van der Waals surface area contributed by atoms with Gasteiger partial charge in [-0.2, -0.15) is 0 Å². The Morgan fingerprint density at radius 1 is 1.04 bits per heavy atom. The predicted octanol–water partition coefficient (Wildman–Crippen LogP) is 5.36. The number of aryl methyl sites for hydroxylation is 2. The smallest absolute Gasteiger partial charge is 0.229 e. The standard InChI is InChI=1S/C20H16FN3OS2/c1-11-22-16-8-7-15(9-17(16)26-11)24-19(25)10-18-20(23-12(2)27-18)13-3-5-14(21)6-4-13/h3-9H,10H2,1-2H3,(H,24,25). The number of anilines is 1. The number of nitrogens with zero attached hydrogens (tertiary/aromatic N) is 2. The molecule has 1 N–H and O–H groups in total. The maximum Gasteiger partial charge on any atom is 0.229 e. The van der Waals surface area contributed by atoms with E-state index in [-0.39, 0.29) is 18.1 Å². The lowest BCUT2D eigenvalue weighted by Gasteiger charge is -2.06. The molecule has 2 aromatic heterocycles. The van der Waals surface area contributed by atoms with Crippen molar-refractivity contribution in [3.63, 3.8) is 0 Å². The van der Waals surface area contributed by atoms with Gasteiger partial charge in [-0.25, -0.2) is 14.4 Å². The predicted molar refractivity (Wildman–Crippen MR) is 109 cm³/mol. The Labute approximate surface area is 163 Å². The van der Waals surface area contributed by atoms with Crippen molar-refractivity contribution in [2.45, 2.75) is 20.3 Å². The number of hydrogen-bond acceptors (Lipinski definition) is 5. The van der Waals surface area contributed by atoms with Gasteiger partial charge in [0.1, 0.15) is 5.82 Å². The van der Waals surface area contributed by atoms with Crippen LogP contribution in [0.25, 0.3) is 21.5 Å². The number of halogens is 1. The van der Waals surface area contributed by atoms with Crippen molar-refractivity contribution in [1.82, 2.24) is 9.97 Å². The molecule has 27 heavy (non-hydrogen) atoms. The average molecular weight is 398 g/mol. The monoisotopic (exact) mass is 397 g/mol. The lowest BCUT2D eigenvalue weighted by molar-refractivity contribution is -0.115. The van der Waals surface area contributed by atoms with Crippen LogP contribution < -0.4 is 5.32 Å². The number of benzene rings is 2. The number of carbonyl (C=O) groups excluding carboxylic acids is 1. The Balaban J connectivity index is 1.54. The minimum absolute atomic E-state index is 0.109. The van der Waals surface area contributed by atoms with Crippen LogP contribution in [0.15, 0.2) is 42.5 Å². The van der Waals surface area contributed by atoms with Crippen LogP contribution in [0.4, 0.5) is 10.1 Å². The first-order chi connectivity index (χ1) is 13.0. The molecular weight excluding hydrogens is 381 g/mol. The first-order valence-electron chi connectivity index (χ1n) is 8.37. The molecule has 0 spiro atoms. The summed E-state index contributed by atoms with van der Waals surface area (Å²) in [7, 11) is 0. The molecule has 1 amide bonds. The number of nitrogens with one attached hydrogen (secondary N) is 1. The van der Waals surface area contributed by atoms with E-state index in [2.05, 4.69) is 15.3 Å². The summed E-state index contributed by atoms with van der Waals surface area (Å²) in [6, 6.07) is 11.9. The minimum atomic E-state index is -0.293. The average Bonchev–Trinajstić information content (AvgIpc) is 3.16. The molecule has 2 aromatic carbocycles. The van der Waals surface area contributed by atoms with Gasteiger partial charge in [-0.1, -0.05) is 0 Å². The number of carbonyl (C=O) groups is 1. The van der Waals surface area contributed by atoms with Gasteiger partial charge in [0.25, 0.3) is 0 Å². The minimum Gasteiger partial charge on any atom is -0.326 e. The summed E-state index contributed by atoms with van der Waals surface area (Å²) >= 11 is 3.09. The van der Waals surface area contributed by atoms with Crippen LogP contribution >= 0.6 is 22.7 Å². The van der Waals surface area contributed by atoms with Crippen LogP contribution in [0.5, 0.6) is 0 Å². The number of rotatable bonds is 4. The van der Waals surface area contributed by atoms with Crippen LogP contribution in [-0.4, -0.2) is 15.9 Å². The van der Waals surface area contributed by atoms with E-state index in [1.807, 2.05) is 32.0 Å². The van der Waals surface area contributed by atoms with Crippen molar-refractivity contribution >= 4 is 44.5 Å². The Morgan fingerprint density at radius 3 is 2.56 bits per heavy atom. The number of aromatic nitrogens is 2. The Morgan fingerprint density at radius 2 is 1.78 bits per heavy atom. The molecule has 0 radical (unpaired) electrons. The molecular formula is C20H16FN3OS2. The third-order valence-corrected chi connectivity index (χ3v) is 5.93. The zero-order chi connectivity index (χ0) is 19.0. The third kappa shape index (κ3) is 3.89. The Bertz CT molecular complexity index is 1130. The molecule has 0 saturated heterocycles. The number of amides is 1. The third-order valence-electron chi connectivity index (χ3n) is 4.02. The molecule has 7 heteroatoms. The summed E-state index contributed by atoms with van der Waals surface area (Å²) in [5.74, 6) is -0.402.